The van der Waals surface area contributed by atoms with E-state index in [1.165, 1.54) is 0 Å². The molecule has 0 saturated heterocycles. The minimum absolute atomic E-state index is 0.0457. The molecule has 2 aromatic rings. The Balaban J connectivity index is 2.26. The third-order valence-corrected chi connectivity index (χ3v) is 3.39. The molecule has 0 spiro atoms. The summed E-state index contributed by atoms with van der Waals surface area (Å²) >= 11 is 5.87. The van der Waals surface area contributed by atoms with E-state index >= 15 is 0 Å². The zero-order valence-electron chi connectivity index (χ0n) is 11.2. The summed E-state index contributed by atoms with van der Waals surface area (Å²) in [5.41, 5.74) is 3.11. The molecular weight excluding hydrogens is 274 g/mol. The molecule has 0 unspecified atom stereocenters. The van der Waals surface area contributed by atoms with Gasteiger partial charge in [-0.2, -0.15) is 0 Å². The van der Waals surface area contributed by atoms with Crippen molar-refractivity contribution in [3.8, 4) is 0 Å². The Hall–Kier alpha value is -2.00. The average molecular weight is 290 g/mol. The van der Waals surface area contributed by atoms with Gasteiger partial charge in [-0.05, 0) is 42.3 Å². The van der Waals surface area contributed by atoms with Gasteiger partial charge in [-0.15, -0.1) is 0 Å². The maximum absolute atomic E-state index is 11.1. The van der Waals surface area contributed by atoms with Crippen LogP contribution in [0.15, 0.2) is 48.5 Å². The Kier molecular flexibility index (Phi) is 4.64. The van der Waals surface area contributed by atoms with Crippen molar-refractivity contribution in [3.63, 3.8) is 0 Å². The summed E-state index contributed by atoms with van der Waals surface area (Å²) in [5, 5.41) is 9.72. The third-order valence-electron chi connectivity index (χ3n) is 3.14. The zero-order chi connectivity index (χ0) is 14.5. The summed E-state index contributed by atoms with van der Waals surface area (Å²) in [7, 11) is 0. The number of benzene rings is 2. The van der Waals surface area contributed by atoms with Crippen molar-refractivity contribution in [1.82, 2.24) is 0 Å². The second-order valence-electron chi connectivity index (χ2n) is 4.65. The number of halogens is 1. The SMILES string of the molecule is Cc1ccccc1CN(CC(=O)O)c1ccc(Cl)cc1. The lowest BCUT2D eigenvalue weighted by atomic mass is 10.1. The number of carbonyl (C=O) groups is 1. The van der Waals surface area contributed by atoms with Crippen LogP contribution in [0.5, 0.6) is 0 Å². The van der Waals surface area contributed by atoms with Crippen LogP contribution in [0.25, 0.3) is 0 Å². The molecule has 0 saturated carbocycles. The van der Waals surface area contributed by atoms with Gasteiger partial charge in [0, 0.05) is 17.3 Å². The highest BCUT2D eigenvalue weighted by Gasteiger charge is 2.12. The fourth-order valence-electron chi connectivity index (χ4n) is 2.05. The molecule has 0 aromatic heterocycles. The summed E-state index contributed by atoms with van der Waals surface area (Å²) in [6.45, 7) is 2.53. The van der Waals surface area contributed by atoms with Crippen LogP contribution in [0.2, 0.25) is 5.02 Å². The Labute approximate surface area is 123 Å². The molecule has 0 aliphatic heterocycles. The van der Waals surface area contributed by atoms with Gasteiger partial charge >= 0.3 is 5.97 Å². The number of nitrogens with zero attached hydrogens (tertiary/aromatic N) is 1. The number of rotatable bonds is 5. The lowest BCUT2D eigenvalue weighted by molar-refractivity contribution is -0.135. The van der Waals surface area contributed by atoms with E-state index in [4.69, 9.17) is 16.7 Å². The first-order valence-electron chi connectivity index (χ1n) is 6.33. The van der Waals surface area contributed by atoms with Gasteiger partial charge in [0.15, 0.2) is 0 Å². The number of anilines is 1. The van der Waals surface area contributed by atoms with Gasteiger partial charge in [-0.3, -0.25) is 4.79 Å². The van der Waals surface area contributed by atoms with E-state index < -0.39 is 5.97 Å². The van der Waals surface area contributed by atoms with E-state index in [-0.39, 0.29) is 6.54 Å². The normalized spacial score (nSPS) is 10.3. The van der Waals surface area contributed by atoms with Crippen molar-refractivity contribution < 1.29 is 9.90 Å². The summed E-state index contributed by atoms with van der Waals surface area (Å²) < 4.78 is 0. The van der Waals surface area contributed by atoms with E-state index in [1.807, 2.05) is 48.2 Å². The number of hydrogen-bond donors (Lipinski definition) is 1. The van der Waals surface area contributed by atoms with Crippen LogP contribution in [-0.2, 0) is 11.3 Å². The number of aryl methyl sites for hydroxylation is 1. The molecule has 0 aliphatic carbocycles. The van der Waals surface area contributed by atoms with E-state index in [1.54, 1.807) is 12.1 Å². The van der Waals surface area contributed by atoms with Crippen LogP contribution in [0.4, 0.5) is 5.69 Å². The molecule has 0 heterocycles. The molecular formula is C16H16ClNO2. The highest BCUT2D eigenvalue weighted by Crippen LogP contribution is 2.21. The van der Waals surface area contributed by atoms with Crippen LogP contribution >= 0.6 is 11.6 Å². The van der Waals surface area contributed by atoms with Crippen LogP contribution in [0.3, 0.4) is 0 Å². The summed E-state index contributed by atoms with van der Waals surface area (Å²) in [4.78, 5) is 12.9. The first-order valence-corrected chi connectivity index (χ1v) is 6.71. The Bertz CT molecular complexity index is 596. The topological polar surface area (TPSA) is 40.5 Å². The van der Waals surface area contributed by atoms with Gasteiger partial charge in [0.1, 0.15) is 6.54 Å². The molecule has 2 rings (SSSR count). The molecule has 0 atom stereocenters. The van der Waals surface area contributed by atoms with Crippen molar-refractivity contribution in [2.45, 2.75) is 13.5 Å². The summed E-state index contributed by atoms with van der Waals surface area (Å²) in [6, 6.07) is 15.2. The zero-order valence-corrected chi connectivity index (χ0v) is 12.0. The Morgan fingerprint density at radius 1 is 1.15 bits per heavy atom. The van der Waals surface area contributed by atoms with Crippen LogP contribution in [0, 0.1) is 6.92 Å². The maximum atomic E-state index is 11.1. The van der Waals surface area contributed by atoms with Crippen molar-refractivity contribution in [2.75, 3.05) is 11.4 Å². The minimum atomic E-state index is -0.853. The Morgan fingerprint density at radius 3 is 2.40 bits per heavy atom. The molecule has 2 aromatic carbocycles. The monoisotopic (exact) mass is 289 g/mol. The standard InChI is InChI=1S/C16H16ClNO2/c1-12-4-2-3-5-13(12)10-18(11-16(19)20)15-8-6-14(17)7-9-15/h2-9H,10-11H2,1H3,(H,19,20). The van der Waals surface area contributed by atoms with Crippen molar-refractivity contribution >= 4 is 23.3 Å². The van der Waals surface area contributed by atoms with Crippen LogP contribution in [-0.4, -0.2) is 17.6 Å². The maximum Gasteiger partial charge on any atom is 0.323 e. The van der Waals surface area contributed by atoms with Crippen molar-refractivity contribution in [2.24, 2.45) is 0 Å². The molecule has 0 amide bonds. The van der Waals surface area contributed by atoms with Gasteiger partial charge in [0.25, 0.3) is 0 Å². The summed E-state index contributed by atoms with van der Waals surface area (Å²) in [5.74, 6) is -0.853. The first-order chi connectivity index (χ1) is 9.56. The smallest absolute Gasteiger partial charge is 0.323 e. The molecule has 1 N–H and O–H groups in total. The van der Waals surface area contributed by atoms with Gasteiger partial charge in [-0.25, -0.2) is 0 Å². The van der Waals surface area contributed by atoms with Gasteiger partial charge in [0.05, 0.1) is 0 Å². The fraction of sp³-hybridized carbons (Fsp3) is 0.188. The van der Waals surface area contributed by atoms with E-state index in [2.05, 4.69) is 0 Å². The number of carboxylic acid groups (broad SMARTS) is 1. The van der Waals surface area contributed by atoms with Gasteiger partial charge in [0.2, 0.25) is 0 Å². The van der Waals surface area contributed by atoms with Crippen LogP contribution < -0.4 is 4.90 Å². The first kappa shape index (κ1) is 14.4. The fourth-order valence-corrected chi connectivity index (χ4v) is 2.17. The number of carboxylic acids is 1. The highest BCUT2D eigenvalue weighted by molar-refractivity contribution is 6.30. The second kappa shape index (κ2) is 6.44. The molecule has 104 valence electrons. The lowest BCUT2D eigenvalue weighted by Crippen LogP contribution is -2.29. The average Bonchev–Trinajstić information content (AvgIpc) is 2.41. The van der Waals surface area contributed by atoms with E-state index in [0.29, 0.717) is 11.6 Å². The van der Waals surface area contributed by atoms with Gasteiger partial charge in [-0.1, -0.05) is 35.9 Å². The predicted octanol–water partition coefficient (Wildman–Crippen LogP) is 3.74. The minimum Gasteiger partial charge on any atom is -0.480 e. The number of hydrogen-bond acceptors (Lipinski definition) is 2. The largest absolute Gasteiger partial charge is 0.480 e. The van der Waals surface area contributed by atoms with E-state index in [0.717, 1.165) is 16.8 Å². The Morgan fingerprint density at radius 2 is 1.80 bits per heavy atom. The number of aliphatic carboxylic acids is 1. The van der Waals surface area contributed by atoms with Crippen molar-refractivity contribution in [1.29, 1.82) is 0 Å². The quantitative estimate of drug-likeness (QED) is 0.911. The second-order valence-corrected chi connectivity index (χ2v) is 5.09. The molecule has 0 fully saturated rings. The van der Waals surface area contributed by atoms with Crippen LogP contribution in [0.1, 0.15) is 11.1 Å². The summed E-state index contributed by atoms with van der Waals surface area (Å²) in [6.07, 6.45) is 0. The van der Waals surface area contributed by atoms with E-state index in [9.17, 15) is 4.79 Å². The molecule has 0 aliphatic rings. The molecule has 0 bridgehead atoms. The lowest BCUT2D eigenvalue weighted by Gasteiger charge is -2.24. The predicted molar refractivity (Wildman–Crippen MR) is 81.3 cm³/mol. The third kappa shape index (κ3) is 3.75. The van der Waals surface area contributed by atoms with Gasteiger partial charge < -0.3 is 10.0 Å². The van der Waals surface area contributed by atoms with Crippen molar-refractivity contribution in [3.05, 3.63) is 64.7 Å². The highest BCUT2D eigenvalue weighted by atomic mass is 35.5. The molecule has 3 nitrogen and oxygen atoms in total. The molecule has 4 heteroatoms. The molecule has 0 radical (unpaired) electrons. The molecule has 20 heavy (non-hydrogen) atoms.